The van der Waals surface area contributed by atoms with Crippen molar-refractivity contribution in [3.63, 3.8) is 0 Å². The summed E-state index contributed by atoms with van der Waals surface area (Å²) in [5.74, 6) is 0. The summed E-state index contributed by atoms with van der Waals surface area (Å²) in [6.45, 7) is 0. The average molecular weight is 342 g/mol. The molecule has 1 aromatic rings. The Hall–Kier alpha value is -0.170. The Morgan fingerprint density at radius 1 is 1.58 bits per heavy atom. The lowest BCUT2D eigenvalue weighted by molar-refractivity contribution is -0.385. The molecule has 0 unspecified atom stereocenters. The summed E-state index contributed by atoms with van der Waals surface area (Å²) < 4.78 is 0.669. The van der Waals surface area contributed by atoms with E-state index in [2.05, 4.69) is 15.9 Å². The van der Waals surface area contributed by atoms with Crippen LogP contribution in [0.4, 0.5) is 5.69 Å². The van der Waals surface area contributed by atoms with Crippen LogP contribution >= 0.6 is 38.5 Å². The van der Waals surface area contributed by atoms with E-state index in [0.717, 1.165) is 5.56 Å². The Morgan fingerprint density at radius 2 is 2.25 bits per heavy atom. The first kappa shape index (κ1) is 9.91. The fourth-order valence-corrected chi connectivity index (χ4v) is 1.66. The molecule has 0 N–H and O–H groups in total. The molecule has 0 atom stereocenters. The van der Waals surface area contributed by atoms with Gasteiger partial charge in [0.2, 0.25) is 0 Å². The molecule has 1 aromatic carbocycles. The largest absolute Gasteiger partial charge is 0.282 e. The van der Waals surface area contributed by atoms with Gasteiger partial charge in [-0.05, 0) is 34.2 Å². The van der Waals surface area contributed by atoms with Crippen LogP contribution in [0.3, 0.4) is 0 Å². The number of alkyl halides is 1. The number of halogens is 2. The molecule has 0 aliphatic heterocycles. The number of nitro groups is 1. The molecule has 0 amide bonds. The van der Waals surface area contributed by atoms with Gasteiger partial charge in [0.25, 0.3) is 5.69 Å². The van der Waals surface area contributed by atoms with E-state index >= 15 is 0 Å². The van der Waals surface area contributed by atoms with Crippen LogP contribution in [-0.2, 0) is 5.33 Å². The molecule has 1 rings (SSSR count). The molecule has 3 nitrogen and oxygen atoms in total. The zero-order valence-corrected chi connectivity index (χ0v) is 9.70. The van der Waals surface area contributed by atoms with E-state index in [1.807, 2.05) is 28.7 Å². The fourth-order valence-electron chi connectivity index (χ4n) is 0.781. The highest BCUT2D eigenvalue weighted by Crippen LogP contribution is 2.22. The summed E-state index contributed by atoms with van der Waals surface area (Å²) in [5.41, 5.74) is 1.09. The number of rotatable bonds is 2. The lowest BCUT2D eigenvalue weighted by atomic mass is 10.2. The Kier molecular flexibility index (Phi) is 3.45. The van der Waals surface area contributed by atoms with E-state index in [4.69, 9.17) is 0 Å². The van der Waals surface area contributed by atoms with E-state index in [9.17, 15) is 10.1 Å². The first-order valence-electron chi connectivity index (χ1n) is 3.14. The third kappa shape index (κ3) is 2.16. The molecule has 0 aliphatic carbocycles. The third-order valence-corrected chi connectivity index (χ3v) is 2.92. The molecule has 0 spiro atoms. The van der Waals surface area contributed by atoms with Gasteiger partial charge in [-0.25, -0.2) is 0 Å². The Balaban J connectivity index is 3.17. The highest BCUT2D eigenvalue weighted by atomic mass is 127. The second kappa shape index (κ2) is 4.18. The van der Waals surface area contributed by atoms with Crippen molar-refractivity contribution in [3.8, 4) is 0 Å². The maximum absolute atomic E-state index is 10.5. The van der Waals surface area contributed by atoms with Gasteiger partial charge in [-0.2, -0.15) is 0 Å². The van der Waals surface area contributed by atoms with Crippen LogP contribution in [-0.4, -0.2) is 4.92 Å². The van der Waals surface area contributed by atoms with Crippen LogP contribution < -0.4 is 0 Å². The third-order valence-electron chi connectivity index (χ3n) is 1.36. The van der Waals surface area contributed by atoms with Gasteiger partial charge in [-0.15, -0.1) is 0 Å². The zero-order valence-electron chi connectivity index (χ0n) is 5.96. The van der Waals surface area contributed by atoms with Crippen LogP contribution in [0, 0.1) is 13.7 Å². The number of hydrogen-bond acceptors (Lipinski definition) is 2. The summed E-state index contributed by atoms with van der Waals surface area (Å²) >= 11 is 5.19. The molecule has 0 aromatic heterocycles. The topological polar surface area (TPSA) is 43.1 Å². The molecular formula is C7H5BrINO2. The molecule has 0 fully saturated rings. The lowest BCUT2D eigenvalue weighted by Crippen LogP contribution is -1.92. The van der Waals surface area contributed by atoms with Crippen LogP contribution in [0.15, 0.2) is 18.2 Å². The van der Waals surface area contributed by atoms with Crippen molar-refractivity contribution >= 4 is 44.2 Å². The van der Waals surface area contributed by atoms with Crippen LogP contribution in [0.1, 0.15) is 5.56 Å². The number of nitrogens with zero attached hydrogens (tertiary/aromatic N) is 1. The minimum absolute atomic E-state index is 0.174. The standard InChI is InChI=1S/C7H5BrINO2/c8-4-5-1-2-6(9)7(3-5)10(11)12/h1-3H,4H2. The van der Waals surface area contributed by atoms with Gasteiger partial charge in [0.1, 0.15) is 0 Å². The van der Waals surface area contributed by atoms with E-state index in [-0.39, 0.29) is 10.6 Å². The van der Waals surface area contributed by atoms with Crippen LogP contribution in [0.2, 0.25) is 0 Å². The summed E-state index contributed by atoms with van der Waals surface area (Å²) in [7, 11) is 0. The van der Waals surface area contributed by atoms with Crippen molar-refractivity contribution in [2.24, 2.45) is 0 Å². The summed E-state index contributed by atoms with van der Waals surface area (Å²) in [6.07, 6.45) is 0. The van der Waals surface area contributed by atoms with Crippen molar-refractivity contribution in [3.05, 3.63) is 37.4 Å². The minimum Gasteiger partial charge on any atom is -0.258 e. The van der Waals surface area contributed by atoms with Crippen molar-refractivity contribution < 1.29 is 4.92 Å². The molecule has 0 saturated carbocycles. The molecule has 0 aliphatic rings. The summed E-state index contributed by atoms with van der Waals surface area (Å²) in [5, 5.41) is 11.1. The molecule has 5 heteroatoms. The van der Waals surface area contributed by atoms with Crippen molar-refractivity contribution in [2.75, 3.05) is 0 Å². The second-order valence-corrected chi connectivity index (χ2v) is 3.90. The van der Waals surface area contributed by atoms with Crippen LogP contribution in [0.25, 0.3) is 0 Å². The maximum atomic E-state index is 10.5. The molecule has 12 heavy (non-hydrogen) atoms. The number of benzene rings is 1. The maximum Gasteiger partial charge on any atom is 0.282 e. The van der Waals surface area contributed by atoms with Gasteiger partial charge in [-0.3, -0.25) is 10.1 Å². The Labute approximate surface area is 91.6 Å². The highest BCUT2D eigenvalue weighted by Gasteiger charge is 2.11. The molecule has 0 bridgehead atoms. The predicted molar refractivity (Wildman–Crippen MR) is 58.4 cm³/mol. The van der Waals surface area contributed by atoms with E-state index in [1.54, 1.807) is 12.1 Å². The molecule has 0 saturated heterocycles. The van der Waals surface area contributed by atoms with Crippen LogP contribution in [0.5, 0.6) is 0 Å². The lowest BCUT2D eigenvalue weighted by Gasteiger charge is -1.97. The van der Waals surface area contributed by atoms with Gasteiger partial charge in [-0.1, -0.05) is 22.0 Å². The second-order valence-electron chi connectivity index (χ2n) is 2.18. The van der Waals surface area contributed by atoms with E-state index in [0.29, 0.717) is 8.90 Å². The summed E-state index contributed by atoms with van der Waals surface area (Å²) in [4.78, 5) is 10.1. The van der Waals surface area contributed by atoms with Gasteiger partial charge in [0, 0.05) is 11.4 Å². The monoisotopic (exact) mass is 341 g/mol. The number of hydrogen-bond donors (Lipinski definition) is 0. The van der Waals surface area contributed by atoms with Crippen molar-refractivity contribution in [2.45, 2.75) is 5.33 Å². The highest BCUT2D eigenvalue weighted by molar-refractivity contribution is 14.1. The zero-order chi connectivity index (χ0) is 9.14. The van der Waals surface area contributed by atoms with Gasteiger partial charge >= 0.3 is 0 Å². The van der Waals surface area contributed by atoms with E-state index < -0.39 is 0 Å². The molecular weight excluding hydrogens is 337 g/mol. The first-order valence-corrected chi connectivity index (χ1v) is 5.34. The minimum atomic E-state index is -0.367. The van der Waals surface area contributed by atoms with Gasteiger partial charge in [0.15, 0.2) is 0 Å². The van der Waals surface area contributed by atoms with Crippen molar-refractivity contribution in [1.82, 2.24) is 0 Å². The van der Waals surface area contributed by atoms with Gasteiger partial charge in [0.05, 0.1) is 8.49 Å². The molecule has 0 radical (unpaired) electrons. The summed E-state index contributed by atoms with van der Waals surface area (Å²) in [6, 6.07) is 5.19. The Bertz CT molecular complexity index is 316. The number of nitro benzene ring substituents is 1. The van der Waals surface area contributed by atoms with E-state index in [1.165, 1.54) is 0 Å². The Morgan fingerprint density at radius 3 is 2.75 bits per heavy atom. The molecule has 0 heterocycles. The molecule has 64 valence electrons. The fraction of sp³-hybridized carbons (Fsp3) is 0.143. The first-order chi connectivity index (χ1) is 5.65. The normalized spacial score (nSPS) is 9.83. The smallest absolute Gasteiger partial charge is 0.258 e. The average Bonchev–Trinajstić information content (AvgIpc) is 2.05. The quantitative estimate of drug-likeness (QED) is 0.359. The SMILES string of the molecule is O=[N+]([O-])c1cc(CBr)ccc1I. The predicted octanol–water partition coefficient (Wildman–Crippen LogP) is 3.09. The van der Waals surface area contributed by atoms with Gasteiger partial charge < -0.3 is 0 Å². The van der Waals surface area contributed by atoms with Crippen molar-refractivity contribution in [1.29, 1.82) is 0 Å².